The lowest BCUT2D eigenvalue weighted by Crippen LogP contribution is -2.28. The molecule has 1 heterocycles. The molecule has 8 nitrogen and oxygen atoms in total. The van der Waals surface area contributed by atoms with Crippen molar-refractivity contribution in [3.05, 3.63) is 51.9 Å². The molecule has 0 spiro atoms. The SMILES string of the molecule is COc1ccc(-c2csc3c(Cl)cc(C(=O)NC(=O)O)cc23)c(C)c1.NC(=O)O. The number of hydrogen-bond donors (Lipinski definition) is 4. The quantitative estimate of drug-likeness (QED) is 0.474. The number of methoxy groups -OCH3 is 1. The predicted molar refractivity (Wildman–Crippen MR) is 111 cm³/mol. The van der Waals surface area contributed by atoms with Crippen LogP contribution < -0.4 is 15.8 Å². The van der Waals surface area contributed by atoms with Gasteiger partial charge in [-0.3, -0.25) is 10.1 Å². The summed E-state index contributed by atoms with van der Waals surface area (Å²) < 4.78 is 6.08. The van der Waals surface area contributed by atoms with E-state index in [9.17, 15) is 9.59 Å². The van der Waals surface area contributed by atoms with Crippen LogP contribution >= 0.6 is 22.9 Å². The summed E-state index contributed by atoms with van der Waals surface area (Å²) in [5.41, 5.74) is 7.19. The molecule has 0 aliphatic rings. The molecule has 29 heavy (non-hydrogen) atoms. The number of nitrogens with two attached hydrogens (primary N) is 1. The number of amides is 3. The Morgan fingerprint density at radius 1 is 1.14 bits per heavy atom. The zero-order chi connectivity index (χ0) is 21.7. The maximum Gasteiger partial charge on any atom is 0.411 e. The topological polar surface area (TPSA) is 139 Å². The largest absolute Gasteiger partial charge is 0.497 e. The summed E-state index contributed by atoms with van der Waals surface area (Å²) in [5.74, 6) is 0.0558. The van der Waals surface area contributed by atoms with Crippen molar-refractivity contribution in [3.8, 4) is 16.9 Å². The highest BCUT2D eigenvalue weighted by Crippen LogP contribution is 2.40. The standard InChI is InChI=1S/C18H14ClNO4S.CH3NO2/c1-9-5-11(24-2)3-4-12(9)14-8-25-16-13(14)6-10(7-15(16)19)17(21)20-18(22)23;2-1(3)4/h3-8H,1-2H3,(H,20,21)(H,22,23);2H2,(H,3,4). The van der Waals surface area contributed by atoms with Gasteiger partial charge in [0.05, 0.1) is 16.8 Å². The van der Waals surface area contributed by atoms with Crippen molar-refractivity contribution in [3.63, 3.8) is 0 Å². The van der Waals surface area contributed by atoms with E-state index in [4.69, 9.17) is 31.3 Å². The van der Waals surface area contributed by atoms with E-state index in [0.29, 0.717) is 5.02 Å². The summed E-state index contributed by atoms with van der Waals surface area (Å²) in [5, 5.41) is 21.0. The third-order valence-corrected chi connectivity index (χ3v) is 5.27. The molecule has 3 rings (SSSR count). The number of carboxylic acid groups (broad SMARTS) is 2. The predicted octanol–water partition coefficient (Wildman–Crippen LogP) is 4.57. The lowest BCUT2D eigenvalue weighted by molar-refractivity contribution is 0.0948. The molecule has 0 aliphatic heterocycles. The van der Waals surface area contributed by atoms with Crippen molar-refractivity contribution in [2.45, 2.75) is 6.92 Å². The summed E-state index contributed by atoms with van der Waals surface area (Å²) in [6, 6.07) is 8.89. The Hall–Kier alpha value is -3.30. The number of benzene rings is 2. The number of hydrogen-bond acceptors (Lipinski definition) is 5. The molecular weight excluding hydrogens is 420 g/mol. The zero-order valence-electron chi connectivity index (χ0n) is 15.4. The minimum absolute atomic E-state index is 0.200. The van der Waals surface area contributed by atoms with Gasteiger partial charge in [0, 0.05) is 16.5 Å². The van der Waals surface area contributed by atoms with E-state index in [0.717, 1.165) is 32.5 Å². The average molecular weight is 437 g/mol. The van der Waals surface area contributed by atoms with Crippen LogP contribution in [0.2, 0.25) is 5.02 Å². The van der Waals surface area contributed by atoms with Crippen LogP contribution in [0.15, 0.2) is 35.7 Å². The van der Waals surface area contributed by atoms with Gasteiger partial charge >= 0.3 is 12.2 Å². The Balaban J connectivity index is 0.000000687. The summed E-state index contributed by atoms with van der Waals surface area (Å²) in [7, 11) is 1.61. The third-order valence-electron chi connectivity index (χ3n) is 3.83. The number of carbonyl (C=O) groups excluding carboxylic acids is 1. The van der Waals surface area contributed by atoms with Crippen molar-refractivity contribution >= 4 is 51.1 Å². The Kier molecular flexibility index (Phi) is 7.03. The van der Waals surface area contributed by atoms with Crippen LogP contribution in [-0.2, 0) is 0 Å². The number of aryl methyl sites for hydroxylation is 1. The first-order chi connectivity index (χ1) is 13.6. The van der Waals surface area contributed by atoms with Crippen LogP contribution in [0, 0.1) is 6.92 Å². The lowest BCUT2D eigenvalue weighted by atomic mass is 9.98. The molecule has 0 saturated carbocycles. The van der Waals surface area contributed by atoms with Gasteiger partial charge in [0.25, 0.3) is 5.91 Å². The molecular formula is C19H17ClN2O6S. The maximum absolute atomic E-state index is 12.0. The van der Waals surface area contributed by atoms with Gasteiger partial charge in [0.2, 0.25) is 0 Å². The molecule has 3 aromatic rings. The van der Waals surface area contributed by atoms with E-state index in [1.165, 1.54) is 17.4 Å². The van der Waals surface area contributed by atoms with Crippen molar-refractivity contribution in [1.82, 2.24) is 5.32 Å². The van der Waals surface area contributed by atoms with Crippen molar-refractivity contribution in [2.24, 2.45) is 5.73 Å². The number of carbonyl (C=O) groups is 3. The number of nitrogens with one attached hydrogen (secondary N) is 1. The molecule has 0 bridgehead atoms. The Morgan fingerprint density at radius 3 is 2.34 bits per heavy atom. The highest BCUT2D eigenvalue weighted by Gasteiger charge is 2.16. The van der Waals surface area contributed by atoms with Crippen molar-refractivity contribution < 1.29 is 29.3 Å². The van der Waals surface area contributed by atoms with Crippen LogP contribution in [0.5, 0.6) is 5.75 Å². The fourth-order valence-electron chi connectivity index (χ4n) is 2.67. The van der Waals surface area contributed by atoms with Crippen molar-refractivity contribution in [1.29, 1.82) is 0 Å². The summed E-state index contributed by atoms with van der Waals surface area (Å²) >= 11 is 7.77. The second-order valence-corrected chi connectivity index (χ2v) is 7.05. The number of rotatable bonds is 3. The number of halogens is 1. The molecule has 0 atom stereocenters. The number of fused-ring (bicyclic) bond motifs is 1. The van der Waals surface area contributed by atoms with Crippen LogP contribution in [0.3, 0.4) is 0 Å². The molecule has 152 valence electrons. The van der Waals surface area contributed by atoms with Crippen LogP contribution in [-0.4, -0.2) is 35.4 Å². The van der Waals surface area contributed by atoms with Gasteiger partial charge in [-0.15, -0.1) is 11.3 Å². The van der Waals surface area contributed by atoms with Gasteiger partial charge in [-0.25, -0.2) is 9.59 Å². The first-order valence-corrected chi connectivity index (χ1v) is 9.28. The third kappa shape index (κ3) is 5.37. The molecule has 3 amide bonds. The van der Waals surface area contributed by atoms with E-state index in [1.54, 1.807) is 13.2 Å². The lowest BCUT2D eigenvalue weighted by Gasteiger charge is -2.09. The second kappa shape index (κ2) is 9.26. The highest BCUT2D eigenvalue weighted by atomic mass is 35.5. The Labute approximate surface area is 174 Å². The maximum atomic E-state index is 12.0. The summed E-state index contributed by atoms with van der Waals surface area (Å²) in [4.78, 5) is 31.5. The summed E-state index contributed by atoms with van der Waals surface area (Å²) in [6.07, 6.45) is -2.74. The highest BCUT2D eigenvalue weighted by molar-refractivity contribution is 7.18. The summed E-state index contributed by atoms with van der Waals surface area (Å²) in [6.45, 7) is 1.98. The van der Waals surface area contributed by atoms with Gasteiger partial charge < -0.3 is 20.7 Å². The normalized spacial score (nSPS) is 10.0. The van der Waals surface area contributed by atoms with E-state index in [2.05, 4.69) is 5.73 Å². The zero-order valence-corrected chi connectivity index (χ0v) is 16.9. The smallest absolute Gasteiger partial charge is 0.411 e. The average Bonchev–Trinajstić information content (AvgIpc) is 3.05. The van der Waals surface area contributed by atoms with Crippen LogP contribution in [0.4, 0.5) is 9.59 Å². The van der Waals surface area contributed by atoms with Gasteiger partial charge in [-0.2, -0.15) is 0 Å². The van der Waals surface area contributed by atoms with Gasteiger partial charge in [0.1, 0.15) is 5.75 Å². The molecule has 0 saturated heterocycles. The monoisotopic (exact) mass is 436 g/mol. The molecule has 0 radical (unpaired) electrons. The van der Waals surface area contributed by atoms with E-state index in [1.807, 2.05) is 35.8 Å². The molecule has 0 unspecified atom stereocenters. The van der Waals surface area contributed by atoms with Gasteiger partial charge in [-0.1, -0.05) is 17.7 Å². The molecule has 5 N–H and O–H groups in total. The van der Waals surface area contributed by atoms with E-state index >= 15 is 0 Å². The fourth-order valence-corrected chi connectivity index (χ4v) is 3.98. The van der Waals surface area contributed by atoms with E-state index < -0.39 is 18.1 Å². The molecule has 1 aromatic heterocycles. The minimum Gasteiger partial charge on any atom is -0.497 e. The van der Waals surface area contributed by atoms with Crippen LogP contribution in [0.1, 0.15) is 15.9 Å². The first-order valence-electron chi connectivity index (χ1n) is 8.02. The Bertz CT molecular complexity index is 1090. The van der Waals surface area contributed by atoms with Gasteiger partial charge in [-0.05, 0) is 47.7 Å². The molecule has 0 fully saturated rings. The minimum atomic E-state index is -1.40. The van der Waals surface area contributed by atoms with Gasteiger partial charge in [0.15, 0.2) is 0 Å². The molecule has 2 aromatic carbocycles. The number of ether oxygens (including phenoxy) is 1. The Morgan fingerprint density at radius 2 is 1.79 bits per heavy atom. The number of thiophene rings is 1. The molecule has 0 aliphatic carbocycles. The number of primary amides is 1. The van der Waals surface area contributed by atoms with Crippen LogP contribution in [0.25, 0.3) is 21.2 Å². The first kappa shape index (κ1) is 22.0. The number of imide groups is 1. The van der Waals surface area contributed by atoms with Crippen molar-refractivity contribution in [2.75, 3.05) is 7.11 Å². The fraction of sp³-hybridized carbons (Fsp3) is 0.105. The van der Waals surface area contributed by atoms with E-state index in [-0.39, 0.29) is 5.56 Å². The second-order valence-electron chi connectivity index (χ2n) is 5.76. The molecule has 10 heteroatoms.